The topological polar surface area (TPSA) is 0 Å². The summed E-state index contributed by atoms with van der Waals surface area (Å²) in [5.41, 5.74) is 0. The van der Waals surface area contributed by atoms with E-state index in [0.717, 1.165) is 0 Å². The van der Waals surface area contributed by atoms with E-state index < -0.39 is 0 Å². The SMILES string of the molecule is C[Si](C)CCCC[C]1[CH][CH][CH][CH]1. The molecule has 1 fully saturated rings. The maximum Gasteiger partial charge on any atom is 0.0412 e. The van der Waals surface area contributed by atoms with Gasteiger partial charge in [0.1, 0.15) is 0 Å². The zero-order valence-electron chi connectivity index (χ0n) is 8.14. The molecule has 1 saturated carbocycles. The van der Waals surface area contributed by atoms with Crippen molar-refractivity contribution in [3.05, 3.63) is 31.6 Å². The summed E-state index contributed by atoms with van der Waals surface area (Å²) in [7, 11) is 0.0248. The fraction of sp³-hybridized carbons (Fsp3) is 0.545. The summed E-state index contributed by atoms with van der Waals surface area (Å²) in [4.78, 5) is 0. The number of unbranched alkanes of at least 4 members (excludes halogenated alkanes) is 1. The molecule has 0 unspecified atom stereocenters. The fourth-order valence-corrected chi connectivity index (χ4v) is 2.35. The van der Waals surface area contributed by atoms with E-state index in [9.17, 15) is 0 Å². The van der Waals surface area contributed by atoms with Crippen molar-refractivity contribution in [1.82, 2.24) is 0 Å². The monoisotopic (exact) mass is 178 g/mol. The van der Waals surface area contributed by atoms with Crippen LogP contribution in [0, 0.1) is 31.6 Å². The normalized spacial score (nSPS) is 19.2. The van der Waals surface area contributed by atoms with Gasteiger partial charge in [-0.15, -0.1) is 0 Å². The predicted molar refractivity (Wildman–Crippen MR) is 56.6 cm³/mol. The summed E-state index contributed by atoms with van der Waals surface area (Å²) in [5.74, 6) is 1.51. The van der Waals surface area contributed by atoms with Gasteiger partial charge in [0.15, 0.2) is 0 Å². The van der Waals surface area contributed by atoms with Crippen LogP contribution in [0.5, 0.6) is 0 Å². The van der Waals surface area contributed by atoms with Gasteiger partial charge in [0.05, 0.1) is 0 Å². The van der Waals surface area contributed by atoms with Gasteiger partial charge in [-0.2, -0.15) is 0 Å². The quantitative estimate of drug-likeness (QED) is 0.447. The lowest BCUT2D eigenvalue weighted by Gasteiger charge is -2.07. The van der Waals surface area contributed by atoms with Crippen LogP contribution in [0.25, 0.3) is 0 Å². The Morgan fingerprint density at radius 1 is 1.08 bits per heavy atom. The third kappa shape index (κ3) is 4.29. The number of hydrogen-bond acceptors (Lipinski definition) is 0. The van der Waals surface area contributed by atoms with Crippen LogP contribution < -0.4 is 0 Å². The van der Waals surface area contributed by atoms with E-state index >= 15 is 0 Å². The summed E-state index contributed by atoms with van der Waals surface area (Å²) in [6.45, 7) is 4.79. The fourth-order valence-electron chi connectivity index (χ4n) is 1.39. The van der Waals surface area contributed by atoms with E-state index in [0.29, 0.717) is 0 Å². The number of rotatable bonds is 5. The molecule has 0 nitrogen and oxygen atoms in total. The summed E-state index contributed by atoms with van der Waals surface area (Å²) >= 11 is 0. The van der Waals surface area contributed by atoms with Gasteiger partial charge in [-0.1, -0.05) is 32.0 Å². The van der Waals surface area contributed by atoms with Crippen molar-refractivity contribution in [2.24, 2.45) is 0 Å². The molecule has 0 amide bonds. The Balaban J connectivity index is 1.88. The lowest BCUT2D eigenvalue weighted by atomic mass is 10.0. The Bertz CT molecular complexity index is 104. The van der Waals surface area contributed by atoms with Crippen molar-refractivity contribution < 1.29 is 0 Å². The van der Waals surface area contributed by atoms with Crippen LogP contribution in [0.15, 0.2) is 0 Å². The first-order chi connectivity index (χ1) is 5.79. The highest BCUT2D eigenvalue weighted by Gasteiger charge is 2.15. The third-order valence-electron chi connectivity index (χ3n) is 2.12. The Hall–Kier alpha value is 0.217. The van der Waals surface area contributed by atoms with Crippen LogP contribution in [0.4, 0.5) is 0 Å². The molecule has 1 rings (SSSR count). The Kier molecular flexibility index (Phi) is 4.97. The summed E-state index contributed by atoms with van der Waals surface area (Å²) < 4.78 is 0. The van der Waals surface area contributed by atoms with Crippen molar-refractivity contribution in [3.63, 3.8) is 0 Å². The van der Waals surface area contributed by atoms with Crippen molar-refractivity contribution in [3.8, 4) is 0 Å². The summed E-state index contributed by atoms with van der Waals surface area (Å²) in [6.07, 6.45) is 12.8. The minimum atomic E-state index is 0.0248. The zero-order valence-corrected chi connectivity index (χ0v) is 9.14. The summed E-state index contributed by atoms with van der Waals surface area (Å²) in [6, 6.07) is 1.48. The molecular formula is C11H18Si. The van der Waals surface area contributed by atoms with E-state index in [2.05, 4.69) is 38.8 Å². The average molecular weight is 178 g/mol. The first kappa shape index (κ1) is 10.3. The van der Waals surface area contributed by atoms with Gasteiger partial charge in [0.2, 0.25) is 0 Å². The molecule has 1 aliphatic rings. The second-order valence-electron chi connectivity index (χ2n) is 3.71. The Morgan fingerprint density at radius 2 is 1.75 bits per heavy atom. The van der Waals surface area contributed by atoms with Gasteiger partial charge in [-0.3, -0.25) is 0 Å². The van der Waals surface area contributed by atoms with Gasteiger partial charge in [0.25, 0.3) is 0 Å². The van der Waals surface area contributed by atoms with Crippen molar-refractivity contribution in [2.75, 3.05) is 0 Å². The first-order valence-electron chi connectivity index (χ1n) is 4.78. The molecule has 0 aromatic heterocycles. The predicted octanol–water partition coefficient (Wildman–Crippen LogP) is 3.32. The smallest absolute Gasteiger partial charge is 0.0412 e. The molecule has 1 aliphatic carbocycles. The van der Waals surface area contributed by atoms with E-state index in [4.69, 9.17) is 0 Å². The van der Waals surface area contributed by atoms with Gasteiger partial charge >= 0.3 is 0 Å². The van der Waals surface area contributed by atoms with Crippen LogP contribution in [0.2, 0.25) is 19.1 Å². The van der Waals surface area contributed by atoms with E-state index in [1.807, 2.05) is 0 Å². The second-order valence-corrected chi connectivity index (χ2v) is 6.62. The van der Waals surface area contributed by atoms with E-state index in [-0.39, 0.29) is 8.80 Å². The first-order valence-corrected chi connectivity index (χ1v) is 7.49. The number of hydrogen-bond donors (Lipinski definition) is 0. The lowest BCUT2D eigenvalue weighted by molar-refractivity contribution is 0.751. The van der Waals surface area contributed by atoms with Crippen molar-refractivity contribution in [1.29, 1.82) is 0 Å². The molecular weight excluding hydrogens is 160 g/mol. The van der Waals surface area contributed by atoms with Crippen LogP contribution in [-0.4, -0.2) is 8.80 Å². The minimum absolute atomic E-state index is 0.0248. The molecule has 0 atom stereocenters. The molecule has 1 heteroatoms. The molecule has 0 aromatic carbocycles. The minimum Gasteiger partial charge on any atom is -0.0713 e. The highest BCUT2D eigenvalue weighted by Crippen LogP contribution is 2.27. The van der Waals surface area contributed by atoms with Gasteiger partial charge in [-0.05, 0) is 38.0 Å². The molecule has 12 heavy (non-hydrogen) atoms. The molecule has 0 aromatic rings. The molecule has 0 aliphatic heterocycles. The summed E-state index contributed by atoms with van der Waals surface area (Å²) in [5, 5.41) is 0. The zero-order chi connectivity index (χ0) is 8.81. The van der Waals surface area contributed by atoms with Gasteiger partial charge < -0.3 is 0 Å². The Labute approximate surface area is 79.4 Å². The van der Waals surface area contributed by atoms with E-state index in [1.165, 1.54) is 31.2 Å². The molecule has 66 valence electrons. The highest BCUT2D eigenvalue weighted by molar-refractivity contribution is 6.55. The maximum atomic E-state index is 2.40. The maximum absolute atomic E-state index is 2.40. The second kappa shape index (κ2) is 5.79. The molecule has 0 spiro atoms. The molecule has 0 heterocycles. The molecule has 0 saturated heterocycles. The van der Waals surface area contributed by atoms with Gasteiger partial charge in [0, 0.05) is 8.80 Å². The molecule has 0 N–H and O–H groups in total. The van der Waals surface area contributed by atoms with Crippen LogP contribution in [-0.2, 0) is 0 Å². The van der Waals surface area contributed by atoms with E-state index in [1.54, 1.807) is 0 Å². The van der Waals surface area contributed by atoms with Crippen LogP contribution >= 0.6 is 0 Å². The standard InChI is InChI=1S/C11H18Si/c1-12(2)10-6-5-9-11-7-3-4-8-11/h3-4,7-8H,5-6,9-10H2,1-2H3. The van der Waals surface area contributed by atoms with Crippen molar-refractivity contribution >= 4 is 8.80 Å². The van der Waals surface area contributed by atoms with Crippen molar-refractivity contribution in [2.45, 2.75) is 38.4 Å². The van der Waals surface area contributed by atoms with Crippen LogP contribution in [0.3, 0.4) is 0 Å². The molecule has 6 radical (unpaired) electrons. The average Bonchev–Trinajstić information content (AvgIpc) is 2.49. The van der Waals surface area contributed by atoms with Crippen LogP contribution in [0.1, 0.15) is 19.3 Å². The molecule has 0 bridgehead atoms. The largest absolute Gasteiger partial charge is 0.0713 e. The van der Waals surface area contributed by atoms with Gasteiger partial charge in [-0.25, -0.2) is 0 Å². The lowest BCUT2D eigenvalue weighted by Crippen LogP contribution is -1.99. The third-order valence-corrected chi connectivity index (χ3v) is 3.48. The Morgan fingerprint density at radius 3 is 2.33 bits per heavy atom. The highest BCUT2D eigenvalue weighted by atomic mass is 28.3.